The average Bonchev–Trinajstić information content (AvgIpc) is 3.04. The summed E-state index contributed by atoms with van der Waals surface area (Å²) in [6, 6.07) is 3.31. The van der Waals surface area contributed by atoms with Crippen LogP contribution in [-0.2, 0) is 14.4 Å². The van der Waals surface area contributed by atoms with Gasteiger partial charge in [0.05, 0.1) is 0 Å². The van der Waals surface area contributed by atoms with Crippen molar-refractivity contribution in [1.82, 2.24) is 15.8 Å². The normalized spacial score (nSPS) is 10.9. The minimum atomic E-state index is -1.43. The van der Waals surface area contributed by atoms with Gasteiger partial charge in [0.1, 0.15) is 5.69 Å². The zero-order valence-corrected chi connectivity index (χ0v) is 14.2. The number of nitrogens with zero attached hydrogens (tertiary/aromatic N) is 2. The molecule has 1 aromatic carbocycles. The summed E-state index contributed by atoms with van der Waals surface area (Å²) in [5, 5.41) is 32.4. The molecule has 0 aliphatic carbocycles. The van der Waals surface area contributed by atoms with Crippen LogP contribution in [0.2, 0.25) is 0 Å². The number of carboxylic acids is 1. The summed E-state index contributed by atoms with van der Waals surface area (Å²) in [5.41, 5.74) is 8.86. The Balaban J connectivity index is 1.87. The lowest BCUT2D eigenvalue weighted by Gasteiger charge is -2.07. The number of aromatic nitrogens is 1. The third kappa shape index (κ3) is 5.30. The molecule has 2 amide bonds. The number of carbonyl (C=O) groups excluding carboxylic acids is 2. The van der Waals surface area contributed by atoms with Crippen LogP contribution in [0.15, 0.2) is 28.7 Å². The van der Waals surface area contributed by atoms with Crippen LogP contribution < -0.4 is 16.6 Å². The molecule has 12 nitrogen and oxygen atoms in total. The Morgan fingerprint density at radius 3 is 2.56 bits per heavy atom. The number of oxime groups is 1. The molecule has 0 spiro atoms. The van der Waals surface area contributed by atoms with Crippen LogP contribution in [0, 0.1) is 0 Å². The second kappa shape index (κ2) is 8.48. The predicted octanol–water partition coefficient (Wildman–Crippen LogP) is -0.597. The number of aromatic hydroxyl groups is 2. The molecule has 2 rings (SSSR count). The second-order valence-corrected chi connectivity index (χ2v) is 5.68. The Kier molecular flexibility index (Phi) is 6.11. The van der Waals surface area contributed by atoms with Gasteiger partial charge in [-0.05, 0) is 18.2 Å². The van der Waals surface area contributed by atoms with E-state index in [-0.39, 0.29) is 16.4 Å². The number of carboxylic acid groups (broad SMARTS) is 1. The first-order valence-corrected chi connectivity index (χ1v) is 7.91. The minimum Gasteiger partial charge on any atom is -0.504 e. The zero-order chi connectivity index (χ0) is 20.0. The second-order valence-electron chi connectivity index (χ2n) is 4.80. The monoisotopic (exact) mass is 395 g/mol. The van der Waals surface area contributed by atoms with Gasteiger partial charge in [-0.3, -0.25) is 20.4 Å². The minimum absolute atomic E-state index is 0.0224. The number of anilines is 1. The molecule has 0 aliphatic rings. The van der Waals surface area contributed by atoms with Crippen molar-refractivity contribution < 1.29 is 34.5 Å². The van der Waals surface area contributed by atoms with Crippen LogP contribution in [0.4, 0.5) is 5.13 Å². The largest absolute Gasteiger partial charge is 0.504 e. The van der Waals surface area contributed by atoms with Crippen molar-refractivity contribution in [2.45, 2.75) is 0 Å². The quantitative estimate of drug-likeness (QED) is 0.210. The molecule has 0 saturated carbocycles. The molecule has 0 fully saturated rings. The number of nitrogen functional groups attached to an aromatic ring is 1. The van der Waals surface area contributed by atoms with E-state index < -0.39 is 41.6 Å². The summed E-state index contributed by atoms with van der Waals surface area (Å²) in [5.74, 6) is -3.95. The first-order valence-electron chi connectivity index (χ1n) is 7.03. The number of hydrogen-bond acceptors (Lipinski definition) is 10. The topological polar surface area (TPSA) is 196 Å². The maximum Gasteiger partial charge on any atom is 0.360 e. The van der Waals surface area contributed by atoms with Gasteiger partial charge in [-0.25, -0.2) is 9.78 Å². The number of amides is 2. The molecule has 1 heterocycles. The molecule has 7 N–H and O–H groups in total. The van der Waals surface area contributed by atoms with Crippen molar-refractivity contribution in [3.05, 3.63) is 34.8 Å². The Morgan fingerprint density at radius 1 is 1.22 bits per heavy atom. The standard InChI is InChI=1S/C14H13N5O7S/c15-14-16-7(5-27-14)11(13(24)25)19-26-4-10(22)17-18-12(23)6-1-2-8(20)9(21)3-6/h1-3,5,20-21H,4H2,(H2,15,16)(H,17,22)(H,18,23)(H,24,25). The van der Waals surface area contributed by atoms with Crippen molar-refractivity contribution in [2.75, 3.05) is 12.3 Å². The third-order valence-corrected chi connectivity index (χ3v) is 3.55. The fourth-order valence-corrected chi connectivity index (χ4v) is 2.19. The first-order chi connectivity index (χ1) is 12.8. The summed E-state index contributed by atoms with van der Waals surface area (Å²) in [4.78, 5) is 42.9. The summed E-state index contributed by atoms with van der Waals surface area (Å²) in [6.45, 7) is -0.697. The van der Waals surface area contributed by atoms with E-state index in [9.17, 15) is 24.6 Å². The maximum absolute atomic E-state index is 11.8. The van der Waals surface area contributed by atoms with E-state index in [1.54, 1.807) is 0 Å². The number of nitrogens with two attached hydrogens (primary N) is 1. The molecular formula is C14H13N5O7S. The molecule has 0 radical (unpaired) electrons. The van der Waals surface area contributed by atoms with Crippen molar-refractivity contribution >= 4 is 40.0 Å². The molecule has 0 bridgehead atoms. The average molecular weight is 395 g/mol. The van der Waals surface area contributed by atoms with Gasteiger partial charge in [-0.15, -0.1) is 11.3 Å². The Labute approximate surface area is 154 Å². The molecule has 0 saturated heterocycles. The van der Waals surface area contributed by atoms with Gasteiger partial charge in [0, 0.05) is 10.9 Å². The Morgan fingerprint density at radius 2 is 1.96 bits per heavy atom. The molecule has 0 unspecified atom stereocenters. The van der Waals surface area contributed by atoms with Gasteiger partial charge in [0.25, 0.3) is 11.8 Å². The van der Waals surface area contributed by atoms with Crippen LogP contribution in [-0.4, -0.2) is 50.4 Å². The first kappa shape index (κ1) is 19.5. The van der Waals surface area contributed by atoms with E-state index >= 15 is 0 Å². The molecule has 2 aromatic rings. The summed E-state index contributed by atoms with van der Waals surface area (Å²) in [6.07, 6.45) is 0. The number of nitrogens with one attached hydrogen (secondary N) is 2. The van der Waals surface area contributed by atoms with Crippen LogP contribution in [0.3, 0.4) is 0 Å². The van der Waals surface area contributed by atoms with E-state index in [4.69, 9.17) is 10.8 Å². The zero-order valence-electron chi connectivity index (χ0n) is 13.4. The Hall–Kier alpha value is -3.87. The SMILES string of the molecule is Nc1nc(C(=NOCC(=O)NNC(=O)c2ccc(O)c(O)c2)C(=O)O)cs1. The van der Waals surface area contributed by atoms with Gasteiger partial charge >= 0.3 is 5.97 Å². The molecule has 13 heteroatoms. The lowest BCUT2D eigenvalue weighted by Crippen LogP contribution is -2.43. The van der Waals surface area contributed by atoms with Crippen molar-refractivity contribution in [2.24, 2.45) is 5.16 Å². The van der Waals surface area contributed by atoms with Gasteiger partial charge in [-0.2, -0.15) is 0 Å². The molecule has 27 heavy (non-hydrogen) atoms. The number of hydrazine groups is 1. The van der Waals surface area contributed by atoms with E-state index in [2.05, 4.69) is 15.0 Å². The molecule has 142 valence electrons. The molecular weight excluding hydrogens is 382 g/mol. The van der Waals surface area contributed by atoms with E-state index in [0.29, 0.717) is 0 Å². The maximum atomic E-state index is 11.8. The number of phenolic OH excluding ortho intramolecular Hbond substituents is 2. The number of hydrogen-bond donors (Lipinski definition) is 6. The smallest absolute Gasteiger partial charge is 0.360 e. The number of rotatable bonds is 6. The van der Waals surface area contributed by atoms with Crippen LogP contribution in [0.5, 0.6) is 11.5 Å². The van der Waals surface area contributed by atoms with Crippen molar-refractivity contribution in [3.63, 3.8) is 0 Å². The van der Waals surface area contributed by atoms with E-state index in [1.165, 1.54) is 11.4 Å². The molecule has 0 aliphatic heterocycles. The summed E-state index contributed by atoms with van der Waals surface area (Å²) in [7, 11) is 0. The van der Waals surface area contributed by atoms with E-state index in [1.807, 2.05) is 10.9 Å². The highest BCUT2D eigenvalue weighted by Crippen LogP contribution is 2.24. The van der Waals surface area contributed by atoms with Gasteiger partial charge in [0.2, 0.25) is 5.71 Å². The van der Waals surface area contributed by atoms with Crippen LogP contribution >= 0.6 is 11.3 Å². The lowest BCUT2D eigenvalue weighted by atomic mass is 10.2. The third-order valence-electron chi connectivity index (χ3n) is 2.87. The predicted molar refractivity (Wildman–Crippen MR) is 92.0 cm³/mol. The van der Waals surface area contributed by atoms with Crippen molar-refractivity contribution in [1.29, 1.82) is 0 Å². The van der Waals surface area contributed by atoms with Gasteiger partial charge in [-0.1, -0.05) is 5.16 Å². The highest BCUT2D eigenvalue weighted by Gasteiger charge is 2.17. The number of phenols is 2. The van der Waals surface area contributed by atoms with Crippen molar-refractivity contribution in [3.8, 4) is 11.5 Å². The Bertz CT molecular complexity index is 911. The summed E-state index contributed by atoms with van der Waals surface area (Å²) >= 11 is 1.01. The lowest BCUT2D eigenvalue weighted by molar-refractivity contribution is -0.130. The fraction of sp³-hybridized carbons (Fsp3) is 0.0714. The van der Waals surface area contributed by atoms with Crippen LogP contribution in [0.25, 0.3) is 0 Å². The fourth-order valence-electron chi connectivity index (χ4n) is 1.65. The molecule has 0 atom stereocenters. The van der Waals surface area contributed by atoms with Gasteiger partial charge in [0.15, 0.2) is 23.2 Å². The number of benzene rings is 1. The highest BCUT2D eigenvalue weighted by atomic mass is 32.1. The van der Waals surface area contributed by atoms with Crippen LogP contribution in [0.1, 0.15) is 16.1 Å². The van der Waals surface area contributed by atoms with Gasteiger partial charge < -0.3 is 25.9 Å². The van der Waals surface area contributed by atoms with E-state index in [0.717, 1.165) is 23.5 Å². The number of carbonyl (C=O) groups is 3. The highest BCUT2D eigenvalue weighted by molar-refractivity contribution is 7.13. The summed E-state index contributed by atoms with van der Waals surface area (Å²) < 4.78 is 0. The number of aliphatic carboxylic acids is 1. The number of thiazole rings is 1. The molecule has 1 aromatic heterocycles.